The monoisotopic (exact) mass is 434 g/mol. The first-order chi connectivity index (χ1) is 15.0. The Morgan fingerprint density at radius 2 is 1.97 bits per heavy atom. The average molecular weight is 435 g/mol. The molecule has 156 valence electrons. The van der Waals surface area contributed by atoms with E-state index in [9.17, 15) is 4.79 Å². The Morgan fingerprint density at radius 3 is 2.68 bits per heavy atom. The summed E-state index contributed by atoms with van der Waals surface area (Å²) >= 11 is 6.58. The lowest BCUT2D eigenvalue weighted by atomic mass is 10.0. The second-order valence-corrected chi connectivity index (χ2v) is 7.92. The molecule has 4 aromatic rings. The molecule has 0 radical (unpaired) electrons. The molecule has 0 amide bonds. The third-order valence-corrected chi connectivity index (χ3v) is 5.54. The van der Waals surface area contributed by atoms with Crippen LogP contribution in [0.15, 0.2) is 47.7 Å². The molecule has 9 heteroatoms. The maximum absolute atomic E-state index is 13.1. The molecule has 5 rings (SSSR count). The van der Waals surface area contributed by atoms with Gasteiger partial charge in [0.2, 0.25) is 5.95 Å². The maximum Gasteiger partial charge on any atom is 0.259 e. The Bertz CT molecular complexity index is 1370. The molecule has 1 saturated heterocycles. The van der Waals surface area contributed by atoms with E-state index in [-0.39, 0.29) is 11.6 Å². The highest BCUT2D eigenvalue weighted by Gasteiger charge is 2.20. The molecule has 8 nitrogen and oxygen atoms in total. The molecule has 1 aromatic carbocycles. The summed E-state index contributed by atoms with van der Waals surface area (Å²) in [4.78, 5) is 30.7. The van der Waals surface area contributed by atoms with Gasteiger partial charge in [-0.3, -0.25) is 14.3 Å². The number of pyridine rings is 1. The van der Waals surface area contributed by atoms with Crippen LogP contribution in [0, 0.1) is 6.92 Å². The summed E-state index contributed by atoms with van der Waals surface area (Å²) < 4.78 is 6.68. The highest BCUT2D eigenvalue weighted by molar-refractivity contribution is 6.33. The standard InChI is InChI=1S/C22H19ClN6O2/c1-12-7-24-9-19(26-12)13-3-4-16(18(23)6-13)17-5-14-8-25-22(27-15-10-31-11-15)28-20(14)29(2)21(17)30/h3-9,15H,10-11H2,1-2H3,(H,25,27,28). The number of aromatic nitrogens is 5. The van der Waals surface area contributed by atoms with Gasteiger partial charge >= 0.3 is 0 Å². The molecule has 0 spiro atoms. The first-order valence-electron chi connectivity index (χ1n) is 9.79. The van der Waals surface area contributed by atoms with Gasteiger partial charge in [-0.25, -0.2) is 9.97 Å². The normalized spacial score (nSPS) is 13.9. The molecule has 1 aliphatic heterocycles. The fraction of sp³-hybridized carbons (Fsp3) is 0.227. The van der Waals surface area contributed by atoms with E-state index in [1.807, 2.05) is 19.1 Å². The zero-order valence-electron chi connectivity index (χ0n) is 17.0. The molecule has 1 N–H and O–H groups in total. The van der Waals surface area contributed by atoms with Crippen molar-refractivity contribution in [1.29, 1.82) is 0 Å². The van der Waals surface area contributed by atoms with Crippen molar-refractivity contribution in [1.82, 2.24) is 24.5 Å². The van der Waals surface area contributed by atoms with E-state index in [2.05, 4.69) is 25.3 Å². The molecular formula is C22H19ClN6O2. The van der Waals surface area contributed by atoms with Crippen molar-refractivity contribution in [2.24, 2.45) is 7.05 Å². The van der Waals surface area contributed by atoms with E-state index in [0.29, 0.717) is 41.0 Å². The third-order valence-electron chi connectivity index (χ3n) is 5.23. The van der Waals surface area contributed by atoms with Gasteiger partial charge in [-0.1, -0.05) is 23.7 Å². The third kappa shape index (κ3) is 3.64. The fourth-order valence-electron chi connectivity index (χ4n) is 3.51. The minimum Gasteiger partial charge on any atom is -0.377 e. The van der Waals surface area contributed by atoms with Crippen molar-refractivity contribution >= 4 is 28.6 Å². The first kappa shape index (κ1) is 19.6. The zero-order chi connectivity index (χ0) is 21.5. The van der Waals surface area contributed by atoms with E-state index < -0.39 is 0 Å². The highest BCUT2D eigenvalue weighted by Crippen LogP contribution is 2.31. The highest BCUT2D eigenvalue weighted by atomic mass is 35.5. The van der Waals surface area contributed by atoms with Crippen molar-refractivity contribution in [3.8, 4) is 22.4 Å². The maximum atomic E-state index is 13.1. The molecule has 31 heavy (non-hydrogen) atoms. The molecular weight excluding hydrogens is 416 g/mol. The van der Waals surface area contributed by atoms with Crippen LogP contribution in [0.4, 0.5) is 5.95 Å². The van der Waals surface area contributed by atoms with Gasteiger partial charge in [0.05, 0.1) is 36.8 Å². The summed E-state index contributed by atoms with van der Waals surface area (Å²) in [5.74, 6) is 0.477. The minimum absolute atomic E-state index is 0.186. The Hall–Kier alpha value is -3.36. The lowest BCUT2D eigenvalue weighted by Gasteiger charge is -2.26. The molecule has 0 aliphatic carbocycles. The van der Waals surface area contributed by atoms with Crippen LogP contribution < -0.4 is 10.9 Å². The van der Waals surface area contributed by atoms with Gasteiger partial charge in [0.1, 0.15) is 5.65 Å². The second kappa shape index (κ2) is 7.72. The van der Waals surface area contributed by atoms with Gasteiger partial charge < -0.3 is 10.1 Å². The van der Waals surface area contributed by atoms with Gasteiger partial charge in [-0.2, -0.15) is 4.98 Å². The number of ether oxygens (including phenoxy) is 1. The summed E-state index contributed by atoms with van der Waals surface area (Å²) in [5, 5.41) is 4.41. The van der Waals surface area contributed by atoms with Gasteiger partial charge in [0.25, 0.3) is 5.56 Å². The number of aryl methyl sites for hydroxylation is 2. The molecule has 4 heterocycles. The fourth-order valence-corrected chi connectivity index (χ4v) is 3.79. The van der Waals surface area contributed by atoms with Crippen LogP contribution in [0.25, 0.3) is 33.4 Å². The molecule has 0 bridgehead atoms. The van der Waals surface area contributed by atoms with Gasteiger partial charge in [-0.15, -0.1) is 0 Å². The van der Waals surface area contributed by atoms with Crippen LogP contribution in [-0.4, -0.2) is 43.8 Å². The summed E-state index contributed by atoms with van der Waals surface area (Å²) in [6.07, 6.45) is 5.09. The van der Waals surface area contributed by atoms with Gasteiger partial charge in [0.15, 0.2) is 0 Å². The number of anilines is 1. The lowest BCUT2D eigenvalue weighted by molar-refractivity contribution is 0.0208. The van der Waals surface area contributed by atoms with E-state index in [1.54, 1.807) is 37.8 Å². The van der Waals surface area contributed by atoms with Crippen LogP contribution in [-0.2, 0) is 11.8 Å². The van der Waals surface area contributed by atoms with E-state index in [0.717, 1.165) is 22.3 Å². The molecule has 0 saturated carbocycles. The van der Waals surface area contributed by atoms with Crippen molar-refractivity contribution in [3.05, 3.63) is 63.9 Å². The number of benzene rings is 1. The van der Waals surface area contributed by atoms with Gasteiger partial charge in [0, 0.05) is 46.5 Å². The van der Waals surface area contributed by atoms with Crippen molar-refractivity contribution < 1.29 is 4.74 Å². The van der Waals surface area contributed by atoms with Crippen molar-refractivity contribution in [3.63, 3.8) is 0 Å². The first-order valence-corrected chi connectivity index (χ1v) is 10.2. The molecule has 1 aliphatic rings. The van der Waals surface area contributed by atoms with Gasteiger partial charge in [-0.05, 0) is 19.1 Å². The van der Waals surface area contributed by atoms with E-state index in [1.165, 1.54) is 4.57 Å². The number of rotatable bonds is 4. The molecule has 1 fully saturated rings. The largest absolute Gasteiger partial charge is 0.377 e. The number of halogens is 1. The van der Waals surface area contributed by atoms with Crippen LogP contribution in [0.5, 0.6) is 0 Å². The predicted molar refractivity (Wildman–Crippen MR) is 119 cm³/mol. The number of hydrogen-bond donors (Lipinski definition) is 1. The van der Waals surface area contributed by atoms with Crippen molar-refractivity contribution in [2.45, 2.75) is 13.0 Å². The summed E-state index contributed by atoms with van der Waals surface area (Å²) in [6.45, 7) is 3.14. The number of fused-ring (bicyclic) bond motifs is 1. The number of nitrogens with one attached hydrogen (secondary N) is 1. The summed E-state index contributed by atoms with van der Waals surface area (Å²) in [6, 6.07) is 7.50. The van der Waals surface area contributed by atoms with Crippen LogP contribution in [0.3, 0.4) is 0 Å². The van der Waals surface area contributed by atoms with Crippen molar-refractivity contribution in [2.75, 3.05) is 18.5 Å². The molecule has 3 aromatic heterocycles. The zero-order valence-corrected chi connectivity index (χ0v) is 17.7. The topological polar surface area (TPSA) is 94.8 Å². The Labute approximate surface area is 182 Å². The lowest BCUT2D eigenvalue weighted by Crippen LogP contribution is -2.40. The Kier molecular flexibility index (Phi) is 4.88. The number of hydrogen-bond acceptors (Lipinski definition) is 7. The van der Waals surface area contributed by atoms with Crippen LogP contribution in [0.1, 0.15) is 5.69 Å². The molecule has 0 atom stereocenters. The summed E-state index contributed by atoms with van der Waals surface area (Å²) in [7, 11) is 1.70. The van der Waals surface area contributed by atoms with Crippen LogP contribution in [0.2, 0.25) is 5.02 Å². The Balaban J connectivity index is 1.56. The SMILES string of the molecule is Cc1cncc(-c2ccc(-c3cc4cnc(NC5COC5)nc4n(C)c3=O)c(Cl)c2)n1. The predicted octanol–water partition coefficient (Wildman–Crippen LogP) is 3.23. The van der Waals surface area contributed by atoms with E-state index >= 15 is 0 Å². The van der Waals surface area contributed by atoms with E-state index in [4.69, 9.17) is 16.3 Å². The summed E-state index contributed by atoms with van der Waals surface area (Å²) in [5.41, 5.74) is 3.87. The molecule has 0 unspecified atom stereocenters. The van der Waals surface area contributed by atoms with Crippen LogP contribution >= 0.6 is 11.6 Å². The second-order valence-electron chi connectivity index (χ2n) is 7.51. The smallest absolute Gasteiger partial charge is 0.259 e. The Morgan fingerprint density at radius 1 is 1.13 bits per heavy atom. The minimum atomic E-state index is -0.186. The number of nitrogens with zero attached hydrogens (tertiary/aromatic N) is 5. The average Bonchev–Trinajstić information content (AvgIpc) is 2.74. The quantitative estimate of drug-likeness (QED) is 0.526.